The molecule has 13 nitrogen and oxygen atoms in total. The standard InChI is InChI=1S/C29H28N8O5S/c1-41-28(38)22-15-31-29(43(2,39)40)34-26(22)36-14-6-7-19(16-36)37-27-23(25(30)32-17-33-27)24(35-37)18-10-12-21(13-11-18)42-20-8-4-3-5-9-20/h3-5,8-13,15,17,19H,6-7,14,16H2,1-2H3,(H2,30,32,33)/t19-/m0/s1. The van der Waals surface area contributed by atoms with E-state index in [0.29, 0.717) is 47.8 Å². The molecule has 0 bridgehead atoms. The lowest BCUT2D eigenvalue weighted by Crippen LogP contribution is -2.38. The molecule has 220 valence electrons. The zero-order chi connectivity index (χ0) is 30.1. The van der Waals surface area contributed by atoms with Crippen LogP contribution in [0.2, 0.25) is 0 Å². The monoisotopic (exact) mass is 600 g/mol. The van der Waals surface area contributed by atoms with Gasteiger partial charge in [0, 0.05) is 31.1 Å². The van der Waals surface area contributed by atoms with Crippen molar-refractivity contribution in [1.29, 1.82) is 0 Å². The Balaban J connectivity index is 1.36. The van der Waals surface area contributed by atoms with E-state index in [2.05, 4.69) is 19.9 Å². The first-order valence-electron chi connectivity index (χ1n) is 13.5. The third-order valence-electron chi connectivity index (χ3n) is 7.15. The number of aromatic nitrogens is 6. The molecule has 0 radical (unpaired) electrons. The molecule has 1 fully saturated rings. The molecule has 1 atom stereocenters. The maximum atomic E-state index is 12.6. The van der Waals surface area contributed by atoms with Crippen LogP contribution >= 0.6 is 0 Å². The van der Waals surface area contributed by atoms with Gasteiger partial charge in [-0.05, 0) is 49.2 Å². The molecule has 3 aromatic heterocycles. The van der Waals surface area contributed by atoms with Crippen LogP contribution in [0, 0.1) is 0 Å². The van der Waals surface area contributed by atoms with Crippen molar-refractivity contribution in [3.8, 4) is 22.8 Å². The zero-order valence-electron chi connectivity index (χ0n) is 23.4. The van der Waals surface area contributed by atoms with E-state index in [-0.39, 0.29) is 22.6 Å². The number of anilines is 2. The van der Waals surface area contributed by atoms with Crippen molar-refractivity contribution in [3.05, 3.63) is 72.7 Å². The fraction of sp³-hybridized carbons (Fsp3) is 0.241. The van der Waals surface area contributed by atoms with Gasteiger partial charge in [0.2, 0.25) is 15.0 Å². The first kappa shape index (κ1) is 28.0. The summed E-state index contributed by atoms with van der Waals surface area (Å²) >= 11 is 0. The van der Waals surface area contributed by atoms with Crippen LogP contribution in [0.4, 0.5) is 11.6 Å². The van der Waals surface area contributed by atoms with Crippen LogP contribution in [0.3, 0.4) is 0 Å². The molecule has 43 heavy (non-hydrogen) atoms. The summed E-state index contributed by atoms with van der Waals surface area (Å²) in [5.41, 5.74) is 8.41. The maximum absolute atomic E-state index is 12.6. The number of carbonyl (C=O) groups is 1. The van der Waals surface area contributed by atoms with Crippen LogP contribution in [0.25, 0.3) is 22.3 Å². The molecular weight excluding hydrogens is 572 g/mol. The molecule has 1 aliphatic heterocycles. The van der Waals surface area contributed by atoms with Crippen molar-refractivity contribution in [1.82, 2.24) is 29.7 Å². The zero-order valence-corrected chi connectivity index (χ0v) is 24.2. The minimum absolute atomic E-state index is 0.0749. The number of hydrogen-bond acceptors (Lipinski definition) is 12. The molecule has 0 amide bonds. The number of benzene rings is 2. The van der Waals surface area contributed by atoms with Gasteiger partial charge in [-0.25, -0.2) is 37.8 Å². The summed E-state index contributed by atoms with van der Waals surface area (Å²) < 4.78 is 37.1. The first-order chi connectivity index (χ1) is 20.7. The number of nitrogens with two attached hydrogens (primary N) is 1. The van der Waals surface area contributed by atoms with Gasteiger partial charge in [-0.3, -0.25) is 0 Å². The van der Waals surface area contributed by atoms with Crippen LogP contribution < -0.4 is 15.4 Å². The number of sulfone groups is 1. The summed E-state index contributed by atoms with van der Waals surface area (Å²) in [6.07, 6.45) is 5.07. The number of nitrogens with zero attached hydrogens (tertiary/aromatic N) is 7. The lowest BCUT2D eigenvalue weighted by atomic mass is 10.1. The highest BCUT2D eigenvalue weighted by Gasteiger charge is 2.30. The molecule has 0 saturated carbocycles. The number of rotatable bonds is 7. The number of methoxy groups -OCH3 is 1. The molecule has 14 heteroatoms. The van der Waals surface area contributed by atoms with Crippen molar-refractivity contribution in [2.75, 3.05) is 37.1 Å². The average molecular weight is 601 g/mol. The number of para-hydroxylation sites is 1. The molecule has 6 rings (SSSR count). The van der Waals surface area contributed by atoms with Crippen LogP contribution in [-0.4, -0.2) is 70.6 Å². The minimum Gasteiger partial charge on any atom is -0.465 e. The van der Waals surface area contributed by atoms with E-state index in [0.717, 1.165) is 24.0 Å². The Labute approximate surface area is 247 Å². The number of esters is 1. The Hall–Kier alpha value is -5.11. The van der Waals surface area contributed by atoms with Crippen LogP contribution in [-0.2, 0) is 14.6 Å². The SMILES string of the molecule is COC(=O)c1cnc(S(C)(=O)=O)nc1N1CCC[C@H](n2nc(-c3ccc(Oc4ccccc4)cc3)c3c(N)ncnc32)C1. The smallest absolute Gasteiger partial charge is 0.343 e. The highest BCUT2D eigenvalue weighted by atomic mass is 32.2. The molecule has 2 aromatic carbocycles. The van der Waals surface area contributed by atoms with Crippen molar-refractivity contribution in [3.63, 3.8) is 0 Å². The average Bonchev–Trinajstić information content (AvgIpc) is 3.42. The summed E-state index contributed by atoms with van der Waals surface area (Å²) in [4.78, 5) is 31.3. The van der Waals surface area contributed by atoms with E-state index in [1.165, 1.54) is 19.6 Å². The quantitative estimate of drug-likeness (QED) is 0.213. The predicted molar refractivity (Wildman–Crippen MR) is 159 cm³/mol. The van der Waals surface area contributed by atoms with Gasteiger partial charge in [0.05, 0.1) is 18.5 Å². The third kappa shape index (κ3) is 5.56. The van der Waals surface area contributed by atoms with Gasteiger partial charge >= 0.3 is 5.97 Å². The highest BCUT2D eigenvalue weighted by molar-refractivity contribution is 7.90. The van der Waals surface area contributed by atoms with E-state index in [1.54, 1.807) is 0 Å². The van der Waals surface area contributed by atoms with Gasteiger partial charge < -0.3 is 20.1 Å². The second-order valence-electron chi connectivity index (χ2n) is 10.1. The molecule has 2 N–H and O–H groups in total. The van der Waals surface area contributed by atoms with Gasteiger partial charge in [0.25, 0.3) is 0 Å². The van der Waals surface area contributed by atoms with Crippen LogP contribution in [0.5, 0.6) is 11.5 Å². The Morgan fingerprint density at radius 1 is 1.02 bits per heavy atom. The number of ether oxygens (including phenoxy) is 2. The predicted octanol–water partition coefficient (Wildman–Crippen LogP) is 3.69. The molecule has 0 spiro atoms. The molecule has 1 saturated heterocycles. The Kier molecular flexibility index (Phi) is 7.36. The second kappa shape index (κ2) is 11.3. The van der Waals surface area contributed by atoms with Crippen molar-refractivity contribution < 1.29 is 22.7 Å². The summed E-state index contributed by atoms with van der Waals surface area (Å²) in [5, 5.41) is 5.21. The first-order valence-corrected chi connectivity index (χ1v) is 15.3. The number of hydrogen-bond donors (Lipinski definition) is 1. The number of piperidine rings is 1. The van der Waals surface area contributed by atoms with E-state index >= 15 is 0 Å². The summed E-state index contributed by atoms with van der Waals surface area (Å²) in [7, 11) is -2.47. The molecule has 4 heterocycles. The van der Waals surface area contributed by atoms with E-state index in [1.807, 2.05) is 64.2 Å². The molecule has 5 aromatic rings. The van der Waals surface area contributed by atoms with Crippen LogP contribution in [0.15, 0.2) is 72.3 Å². The maximum Gasteiger partial charge on any atom is 0.343 e. The Bertz CT molecular complexity index is 1910. The number of nitrogen functional groups attached to an aromatic ring is 1. The normalized spacial score (nSPS) is 15.4. The van der Waals surface area contributed by atoms with Crippen molar-refractivity contribution >= 4 is 38.5 Å². The van der Waals surface area contributed by atoms with Gasteiger partial charge in [0.1, 0.15) is 40.7 Å². The lowest BCUT2D eigenvalue weighted by Gasteiger charge is -2.34. The highest BCUT2D eigenvalue weighted by Crippen LogP contribution is 2.36. The largest absolute Gasteiger partial charge is 0.465 e. The van der Waals surface area contributed by atoms with E-state index in [4.69, 9.17) is 20.3 Å². The van der Waals surface area contributed by atoms with E-state index < -0.39 is 15.8 Å². The summed E-state index contributed by atoms with van der Waals surface area (Å²) in [6, 6.07) is 16.8. The molecule has 1 aliphatic rings. The lowest BCUT2D eigenvalue weighted by molar-refractivity contribution is 0.0600. The third-order valence-corrected chi connectivity index (χ3v) is 8.01. The Morgan fingerprint density at radius 2 is 1.77 bits per heavy atom. The van der Waals surface area contributed by atoms with Gasteiger partial charge in [0.15, 0.2) is 5.65 Å². The number of fused-ring (bicyclic) bond motifs is 1. The minimum atomic E-state index is -3.72. The van der Waals surface area contributed by atoms with Crippen LogP contribution in [0.1, 0.15) is 29.2 Å². The summed E-state index contributed by atoms with van der Waals surface area (Å²) in [6.45, 7) is 0.904. The van der Waals surface area contributed by atoms with Gasteiger partial charge in [-0.1, -0.05) is 18.2 Å². The van der Waals surface area contributed by atoms with Gasteiger partial charge in [-0.15, -0.1) is 0 Å². The Morgan fingerprint density at radius 3 is 2.49 bits per heavy atom. The molecular formula is C29H28N8O5S. The fourth-order valence-corrected chi connectivity index (χ4v) is 5.63. The molecule has 0 unspecified atom stereocenters. The van der Waals surface area contributed by atoms with Gasteiger partial charge in [-0.2, -0.15) is 5.10 Å². The van der Waals surface area contributed by atoms with Crippen molar-refractivity contribution in [2.45, 2.75) is 24.0 Å². The topological polar surface area (TPSA) is 168 Å². The summed E-state index contributed by atoms with van der Waals surface area (Å²) in [5.74, 6) is 1.22. The number of carbonyl (C=O) groups excluding carboxylic acids is 1. The molecule has 0 aliphatic carbocycles. The van der Waals surface area contributed by atoms with E-state index in [9.17, 15) is 13.2 Å². The van der Waals surface area contributed by atoms with Crippen molar-refractivity contribution in [2.24, 2.45) is 0 Å². The second-order valence-corrected chi connectivity index (χ2v) is 12.0. The fourth-order valence-electron chi connectivity index (χ4n) is 5.14.